The molecule has 3 rings (SSSR count). The Kier molecular flexibility index (Phi) is 5.14. The molecule has 3 N–H and O–H groups in total. The molecule has 4 nitrogen and oxygen atoms in total. The molecule has 0 radical (unpaired) electrons. The molecule has 0 aliphatic heterocycles. The predicted octanol–water partition coefficient (Wildman–Crippen LogP) is 5.34. The normalized spacial score (nSPS) is 13.5. The highest BCUT2D eigenvalue weighted by atomic mass is 16.5. The second-order valence-electron chi connectivity index (χ2n) is 7.83. The number of nitrogen functional groups attached to an aromatic ring is 1. The van der Waals surface area contributed by atoms with Crippen molar-refractivity contribution in [2.24, 2.45) is 5.41 Å². The van der Waals surface area contributed by atoms with Crippen LogP contribution in [-0.2, 0) is 5.60 Å². The average Bonchev–Trinajstić information content (AvgIpc) is 2.66. The second kappa shape index (κ2) is 7.39. The molecule has 1 atom stereocenters. The summed E-state index contributed by atoms with van der Waals surface area (Å²) in [5.41, 5.74) is 7.26. The third-order valence-corrected chi connectivity index (χ3v) is 4.91. The Morgan fingerprint density at radius 1 is 0.857 bits per heavy atom. The summed E-state index contributed by atoms with van der Waals surface area (Å²) >= 11 is 0. The van der Waals surface area contributed by atoms with Gasteiger partial charge in [-0.15, -0.1) is 0 Å². The largest absolute Gasteiger partial charge is 0.478 e. The van der Waals surface area contributed by atoms with Crippen LogP contribution in [0.5, 0.6) is 5.75 Å². The summed E-state index contributed by atoms with van der Waals surface area (Å²) < 4.78 is 6.65. The van der Waals surface area contributed by atoms with Gasteiger partial charge in [0.1, 0.15) is 11.3 Å². The van der Waals surface area contributed by atoms with Gasteiger partial charge in [-0.2, -0.15) is 0 Å². The molecule has 0 aromatic heterocycles. The molecule has 0 saturated heterocycles. The molecule has 0 saturated carbocycles. The lowest BCUT2D eigenvalue weighted by Crippen LogP contribution is -2.46. The first-order valence-electron chi connectivity index (χ1n) is 9.18. The molecule has 3 aromatic carbocycles. The van der Waals surface area contributed by atoms with Gasteiger partial charge in [-0.25, -0.2) is 4.79 Å². The van der Waals surface area contributed by atoms with Gasteiger partial charge in [-0.05, 0) is 24.3 Å². The van der Waals surface area contributed by atoms with Crippen LogP contribution in [0.2, 0.25) is 0 Å². The first kappa shape index (κ1) is 19.5. The zero-order valence-corrected chi connectivity index (χ0v) is 16.3. The lowest BCUT2D eigenvalue weighted by Gasteiger charge is -2.46. The maximum atomic E-state index is 11.8. The van der Waals surface area contributed by atoms with Crippen LogP contribution in [0, 0.1) is 5.41 Å². The van der Waals surface area contributed by atoms with E-state index >= 15 is 0 Å². The number of hydrogen-bond donors (Lipinski definition) is 2. The smallest absolute Gasteiger partial charge is 0.339 e. The number of nitrogens with two attached hydrogens (primary N) is 1. The van der Waals surface area contributed by atoms with E-state index < -0.39 is 17.0 Å². The fourth-order valence-electron chi connectivity index (χ4n) is 3.63. The monoisotopic (exact) mass is 375 g/mol. The Balaban J connectivity index is 2.33. The van der Waals surface area contributed by atoms with Gasteiger partial charge in [0.05, 0.1) is 0 Å². The van der Waals surface area contributed by atoms with Crippen LogP contribution in [0.15, 0.2) is 78.9 Å². The molecule has 0 bridgehead atoms. The zero-order valence-electron chi connectivity index (χ0n) is 16.3. The Hall–Kier alpha value is -3.27. The lowest BCUT2D eigenvalue weighted by molar-refractivity contribution is -0.00169. The maximum Gasteiger partial charge on any atom is 0.339 e. The third-order valence-electron chi connectivity index (χ3n) is 4.91. The van der Waals surface area contributed by atoms with E-state index in [1.807, 2.05) is 54.6 Å². The molecular weight excluding hydrogens is 350 g/mol. The van der Waals surface area contributed by atoms with E-state index in [1.54, 1.807) is 24.3 Å². The van der Waals surface area contributed by atoms with E-state index in [9.17, 15) is 9.90 Å². The third kappa shape index (κ3) is 3.46. The minimum Gasteiger partial charge on any atom is -0.478 e. The number of carbonyl (C=O) groups is 1. The molecule has 3 aromatic rings. The molecule has 0 aliphatic rings. The van der Waals surface area contributed by atoms with Crippen molar-refractivity contribution in [3.63, 3.8) is 0 Å². The highest BCUT2D eigenvalue weighted by molar-refractivity contribution is 5.90. The van der Waals surface area contributed by atoms with E-state index in [0.29, 0.717) is 11.4 Å². The van der Waals surface area contributed by atoms with Crippen molar-refractivity contribution in [1.82, 2.24) is 0 Å². The summed E-state index contributed by atoms with van der Waals surface area (Å²) in [4.78, 5) is 11.8. The van der Waals surface area contributed by atoms with E-state index in [2.05, 4.69) is 20.8 Å². The number of ether oxygens (including phenoxy) is 1. The van der Waals surface area contributed by atoms with Crippen LogP contribution >= 0.6 is 0 Å². The Bertz CT molecular complexity index is 976. The van der Waals surface area contributed by atoms with E-state index in [4.69, 9.17) is 10.5 Å². The summed E-state index contributed by atoms with van der Waals surface area (Å²) in [5, 5.41) is 9.65. The quantitative estimate of drug-likeness (QED) is 0.591. The van der Waals surface area contributed by atoms with Gasteiger partial charge in [0, 0.05) is 22.2 Å². The van der Waals surface area contributed by atoms with Gasteiger partial charge < -0.3 is 15.6 Å². The summed E-state index contributed by atoms with van der Waals surface area (Å²) in [6.45, 7) is 6.23. The molecule has 0 fully saturated rings. The summed E-state index contributed by atoms with van der Waals surface area (Å²) in [6.07, 6.45) is 0. The highest BCUT2D eigenvalue weighted by Gasteiger charge is 2.48. The van der Waals surface area contributed by atoms with Crippen molar-refractivity contribution in [2.45, 2.75) is 26.4 Å². The molecule has 0 heterocycles. The van der Waals surface area contributed by atoms with Gasteiger partial charge in [0.15, 0.2) is 5.60 Å². The van der Waals surface area contributed by atoms with Crippen LogP contribution in [0.3, 0.4) is 0 Å². The minimum atomic E-state index is -1.03. The van der Waals surface area contributed by atoms with Crippen LogP contribution in [0.4, 0.5) is 5.69 Å². The van der Waals surface area contributed by atoms with Gasteiger partial charge >= 0.3 is 5.97 Å². The van der Waals surface area contributed by atoms with Crippen molar-refractivity contribution in [3.8, 4) is 5.75 Å². The van der Waals surface area contributed by atoms with E-state index in [0.717, 1.165) is 11.1 Å². The number of hydrogen-bond acceptors (Lipinski definition) is 3. The van der Waals surface area contributed by atoms with Gasteiger partial charge in [0.25, 0.3) is 0 Å². The topological polar surface area (TPSA) is 72.5 Å². The summed E-state index contributed by atoms with van der Waals surface area (Å²) in [5.74, 6) is -0.713. The number of carboxylic acid groups (broad SMARTS) is 1. The van der Waals surface area contributed by atoms with Crippen molar-refractivity contribution in [1.29, 1.82) is 0 Å². The molecule has 4 heteroatoms. The first-order chi connectivity index (χ1) is 13.3. The van der Waals surface area contributed by atoms with Crippen LogP contribution in [0.1, 0.15) is 42.3 Å². The first-order valence-corrected chi connectivity index (χ1v) is 9.18. The highest BCUT2D eigenvalue weighted by Crippen LogP contribution is 2.49. The number of aromatic carboxylic acids is 1. The van der Waals surface area contributed by atoms with Crippen molar-refractivity contribution >= 4 is 11.7 Å². The van der Waals surface area contributed by atoms with Crippen molar-refractivity contribution in [3.05, 3.63) is 95.6 Å². The SMILES string of the molecule is CC(C)(C)C(Oc1ccccc1C(=O)O)(c1ccccc1)c1cccc(N)c1. The lowest BCUT2D eigenvalue weighted by atomic mass is 9.68. The molecule has 28 heavy (non-hydrogen) atoms. The Morgan fingerprint density at radius 3 is 2.07 bits per heavy atom. The molecule has 144 valence electrons. The number of benzene rings is 3. The van der Waals surface area contributed by atoms with Gasteiger partial charge in [-0.1, -0.05) is 75.4 Å². The number of carboxylic acids is 1. The fraction of sp³-hybridized carbons (Fsp3) is 0.208. The summed E-state index contributed by atoms with van der Waals surface area (Å²) in [7, 11) is 0. The molecule has 0 amide bonds. The van der Waals surface area contributed by atoms with Crippen molar-refractivity contribution < 1.29 is 14.6 Å². The van der Waals surface area contributed by atoms with Gasteiger partial charge in [0.2, 0.25) is 0 Å². The maximum absolute atomic E-state index is 11.8. The average molecular weight is 375 g/mol. The van der Waals surface area contributed by atoms with Crippen molar-refractivity contribution in [2.75, 3.05) is 5.73 Å². The molecule has 1 unspecified atom stereocenters. The van der Waals surface area contributed by atoms with Crippen LogP contribution in [0.25, 0.3) is 0 Å². The number of anilines is 1. The van der Waals surface area contributed by atoms with Crippen LogP contribution < -0.4 is 10.5 Å². The Morgan fingerprint density at radius 2 is 1.46 bits per heavy atom. The minimum absolute atomic E-state index is 0.121. The van der Waals surface area contributed by atoms with E-state index in [-0.39, 0.29) is 5.56 Å². The number of rotatable bonds is 5. The zero-order chi connectivity index (χ0) is 20.4. The summed E-state index contributed by atoms with van der Waals surface area (Å²) in [6, 6.07) is 24.1. The number of para-hydroxylation sites is 1. The predicted molar refractivity (Wildman–Crippen MR) is 112 cm³/mol. The standard InChI is InChI=1S/C24H25NO3/c1-23(2,3)24(17-10-5-4-6-11-17,18-12-9-13-19(25)16-18)28-21-15-8-7-14-20(21)22(26)27/h4-16H,25H2,1-3H3,(H,26,27). The molecule has 0 spiro atoms. The van der Waals surface area contributed by atoms with E-state index in [1.165, 1.54) is 0 Å². The Labute approximate surface area is 165 Å². The molecular formula is C24H25NO3. The van der Waals surface area contributed by atoms with Crippen LogP contribution in [-0.4, -0.2) is 11.1 Å². The second-order valence-corrected chi connectivity index (χ2v) is 7.83. The molecule has 0 aliphatic carbocycles. The van der Waals surface area contributed by atoms with Gasteiger partial charge in [-0.3, -0.25) is 0 Å². The fourth-order valence-corrected chi connectivity index (χ4v) is 3.63.